The number of hydrogen-bond donors (Lipinski definition) is 4. The summed E-state index contributed by atoms with van der Waals surface area (Å²) in [4.78, 5) is 41.2. The number of ether oxygens (including phenoxy) is 1. The number of alkyl carbamates (subject to hydrolysis) is 1. The third-order valence-electron chi connectivity index (χ3n) is 5.37. The predicted molar refractivity (Wildman–Crippen MR) is 149 cm³/mol. The average molecular weight is 548 g/mol. The predicted octanol–water partition coefficient (Wildman–Crippen LogP) is 5.18. The summed E-state index contributed by atoms with van der Waals surface area (Å²) in [5, 5.41) is 16.5. The molecule has 8 nitrogen and oxygen atoms in total. The van der Waals surface area contributed by atoms with E-state index >= 15 is 0 Å². The highest BCUT2D eigenvalue weighted by molar-refractivity contribution is 7.80. The van der Waals surface area contributed by atoms with E-state index in [-0.39, 0.29) is 23.6 Å². The van der Waals surface area contributed by atoms with E-state index in [1.807, 2.05) is 0 Å². The standard InChI is InChI=1S/C27H34ClN3O5S/c1-7-14-31(25(34)20(15-37)29-26(35)36-27(4,5)6)22(18-12-8-11-17(3)23(18)32)24(33)30-21-16(2)10-9-13-19(21)28/h7-13,20,22,32,37H,1,14-15H2,2-6H3,(H,29,35)(H,30,33). The van der Waals surface area contributed by atoms with Crippen LogP contribution in [0.1, 0.15) is 43.5 Å². The third kappa shape index (κ3) is 7.90. The number of aryl methyl sites for hydroxylation is 2. The average Bonchev–Trinajstić information content (AvgIpc) is 2.80. The van der Waals surface area contributed by atoms with Crippen LogP contribution in [0.3, 0.4) is 0 Å². The first kappa shape index (κ1) is 30.1. The van der Waals surface area contributed by atoms with E-state index in [0.717, 1.165) is 5.56 Å². The summed E-state index contributed by atoms with van der Waals surface area (Å²) in [7, 11) is 0. The summed E-state index contributed by atoms with van der Waals surface area (Å²) in [6.45, 7) is 12.2. The van der Waals surface area contributed by atoms with E-state index in [9.17, 15) is 19.5 Å². The molecular formula is C27H34ClN3O5S. The largest absolute Gasteiger partial charge is 0.507 e. The number of nitrogens with one attached hydrogen (secondary N) is 2. The van der Waals surface area contributed by atoms with Gasteiger partial charge in [-0.1, -0.05) is 48.0 Å². The van der Waals surface area contributed by atoms with Gasteiger partial charge in [0.25, 0.3) is 5.91 Å². The summed E-state index contributed by atoms with van der Waals surface area (Å²) in [5.74, 6) is -1.42. The molecule has 3 N–H and O–H groups in total. The number of thiol groups is 1. The molecular weight excluding hydrogens is 514 g/mol. The summed E-state index contributed by atoms with van der Waals surface area (Å²) in [6.07, 6.45) is 0.652. The molecule has 2 aromatic rings. The second-order valence-corrected chi connectivity index (χ2v) is 10.3. The van der Waals surface area contributed by atoms with Crippen molar-refractivity contribution < 1.29 is 24.2 Å². The summed E-state index contributed by atoms with van der Waals surface area (Å²) >= 11 is 10.6. The van der Waals surface area contributed by atoms with Crippen LogP contribution in [0.25, 0.3) is 0 Å². The minimum absolute atomic E-state index is 0.0634. The Labute approximate surface area is 228 Å². The molecule has 2 rings (SSSR count). The molecule has 0 fully saturated rings. The van der Waals surface area contributed by atoms with Crippen molar-refractivity contribution in [1.29, 1.82) is 0 Å². The first-order valence-electron chi connectivity index (χ1n) is 11.7. The van der Waals surface area contributed by atoms with Crippen molar-refractivity contribution in [3.8, 4) is 5.75 Å². The number of phenolic OH excluding ortho intramolecular Hbond substituents is 1. The molecule has 37 heavy (non-hydrogen) atoms. The van der Waals surface area contributed by atoms with Crippen LogP contribution in [0, 0.1) is 13.8 Å². The Morgan fingerprint density at radius 2 is 1.78 bits per heavy atom. The first-order chi connectivity index (χ1) is 17.3. The van der Waals surface area contributed by atoms with Crippen molar-refractivity contribution in [2.45, 2.75) is 52.3 Å². The molecule has 3 amide bonds. The number of carbonyl (C=O) groups is 3. The molecule has 0 saturated carbocycles. The Balaban J connectivity index is 2.55. The Bertz CT molecular complexity index is 1140. The minimum atomic E-state index is -1.29. The molecule has 0 saturated heterocycles. The maximum absolute atomic E-state index is 13.8. The van der Waals surface area contributed by atoms with Gasteiger partial charge in [0.05, 0.1) is 10.7 Å². The molecule has 0 heterocycles. The number of halogens is 1. The van der Waals surface area contributed by atoms with Crippen LogP contribution in [0.2, 0.25) is 5.02 Å². The maximum Gasteiger partial charge on any atom is 0.408 e. The zero-order valence-corrected chi connectivity index (χ0v) is 23.3. The fraction of sp³-hybridized carbons (Fsp3) is 0.370. The van der Waals surface area contributed by atoms with E-state index < -0.39 is 35.6 Å². The Kier molecular flexibility index (Phi) is 10.5. The van der Waals surface area contributed by atoms with Gasteiger partial charge in [0.15, 0.2) is 0 Å². The molecule has 0 bridgehead atoms. The van der Waals surface area contributed by atoms with Crippen LogP contribution in [-0.4, -0.2) is 51.9 Å². The van der Waals surface area contributed by atoms with Crippen LogP contribution in [0.4, 0.5) is 10.5 Å². The molecule has 0 aliphatic carbocycles. The number of hydrogen-bond acceptors (Lipinski definition) is 6. The molecule has 0 aliphatic heterocycles. The molecule has 0 spiro atoms. The van der Waals surface area contributed by atoms with Crippen molar-refractivity contribution >= 4 is 47.8 Å². The van der Waals surface area contributed by atoms with Crippen molar-refractivity contribution in [3.05, 3.63) is 70.8 Å². The summed E-state index contributed by atoms with van der Waals surface area (Å²) in [5.41, 5.74) is 1.04. The number of carbonyl (C=O) groups excluding carboxylic acids is 3. The quantitative estimate of drug-likeness (QED) is 0.255. The van der Waals surface area contributed by atoms with Crippen LogP contribution in [0.5, 0.6) is 5.75 Å². The first-order valence-corrected chi connectivity index (χ1v) is 12.7. The van der Waals surface area contributed by atoms with Gasteiger partial charge in [0, 0.05) is 17.9 Å². The zero-order valence-electron chi connectivity index (χ0n) is 21.7. The van der Waals surface area contributed by atoms with E-state index in [0.29, 0.717) is 16.3 Å². The number of benzene rings is 2. The van der Waals surface area contributed by atoms with Crippen molar-refractivity contribution in [2.75, 3.05) is 17.6 Å². The smallest absolute Gasteiger partial charge is 0.408 e. The lowest BCUT2D eigenvalue weighted by Gasteiger charge is -2.34. The van der Waals surface area contributed by atoms with Gasteiger partial charge in [-0.05, 0) is 51.8 Å². The number of nitrogens with zero attached hydrogens (tertiary/aromatic N) is 1. The molecule has 0 aromatic heterocycles. The number of para-hydroxylation sites is 2. The van der Waals surface area contributed by atoms with E-state index in [1.165, 1.54) is 11.0 Å². The SMILES string of the molecule is C=CCN(C(=O)C(CS)NC(=O)OC(C)(C)C)C(C(=O)Nc1c(C)cccc1Cl)c1cccc(C)c1O. The number of amides is 3. The number of rotatable bonds is 9. The second kappa shape index (κ2) is 12.9. The van der Waals surface area contributed by atoms with E-state index in [2.05, 4.69) is 29.8 Å². The fourth-order valence-corrected chi connectivity index (χ4v) is 4.15. The highest BCUT2D eigenvalue weighted by Crippen LogP contribution is 2.34. The zero-order chi connectivity index (χ0) is 27.9. The topological polar surface area (TPSA) is 108 Å². The third-order valence-corrected chi connectivity index (χ3v) is 6.05. The Morgan fingerprint density at radius 3 is 2.35 bits per heavy atom. The van der Waals surface area contributed by atoms with Crippen LogP contribution >= 0.6 is 24.2 Å². The van der Waals surface area contributed by atoms with E-state index in [4.69, 9.17) is 16.3 Å². The Morgan fingerprint density at radius 1 is 1.16 bits per heavy atom. The van der Waals surface area contributed by atoms with Crippen LogP contribution in [0.15, 0.2) is 49.1 Å². The van der Waals surface area contributed by atoms with E-state index in [1.54, 1.807) is 71.0 Å². The molecule has 2 unspecified atom stereocenters. The van der Waals surface area contributed by atoms with Crippen LogP contribution in [-0.2, 0) is 14.3 Å². The molecule has 2 aromatic carbocycles. The second-order valence-electron chi connectivity index (χ2n) is 9.50. The maximum atomic E-state index is 13.8. The van der Waals surface area contributed by atoms with Gasteiger partial charge in [-0.3, -0.25) is 9.59 Å². The van der Waals surface area contributed by atoms with Crippen LogP contribution < -0.4 is 10.6 Å². The summed E-state index contributed by atoms with van der Waals surface area (Å²) in [6, 6.07) is 7.69. The normalized spacial score (nSPS) is 12.7. The lowest BCUT2D eigenvalue weighted by atomic mass is 9.99. The number of anilines is 1. The fourth-order valence-electron chi connectivity index (χ4n) is 3.63. The highest BCUT2D eigenvalue weighted by atomic mass is 35.5. The summed E-state index contributed by atoms with van der Waals surface area (Å²) < 4.78 is 5.28. The number of aromatic hydroxyl groups is 1. The molecule has 2 atom stereocenters. The molecule has 10 heteroatoms. The van der Waals surface area contributed by atoms with Gasteiger partial charge in [-0.2, -0.15) is 12.6 Å². The van der Waals surface area contributed by atoms with Crippen molar-refractivity contribution in [1.82, 2.24) is 10.2 Å². The Hall–Kier alpha value is -3.17. The lowest BCUT2D eigenvalue weighted by molar-refractivity contribution is -0.139. The van der Waals surface area contributed by atoms with Gasteiger partial charge in [0.1, 0.15) is 23.4 Å². The van der Waals surface area contributed by atoms with Gasteiger partial charge in [0.2, 0.25) is 5.91 Å². The highest BCUT2D eigenvalue weighted by Gasteiger charge is 2.37. The van der Waals surface area contributed by atoms with Gasteiger partial charge in [-0.25, -0.2) is 4.79 Å². The molecule has 200 valence electrons. The monoisotopic (exact) mass is 547 g/mol. The molecule has 0 radical (unpaired) electrons. The van der Waals surface area contributed by atoms with Gasteiger partial charge in [-0.15, -0.1) is 6.58 Å². The van der Waals surface area contributed by atoms with Gasteiger partial charge >= 0.3 is 6.09 Å². The minimum Gasteiger partial charge on any atom is -0.507 e. The lowest BCUT2D eigenvalue weighted by Crippen LogP contribution is -2.53. The van der Waals surface area contributed by atoms with Gasteiger partial charge < -0.3 is 25.4 Å². The molecule has 0 aliphatic rings. The van der Waals surface area contributed by atoms with Crippen molar-refractivity contribution in [3.63, 3.8) is 0 Å². The van der Waals surface area contributed by atoms with Crippen molar-refractivity contribution in [2.24, 2.45) is 0 Å². The number of phenols is 1.